The van der Waals surface area contributed by atoms with Crippen molar-refractivity contribution >= 4 is 48.2 Å². The number of nitrogens with two attached hydrogens (primary N) is 4. The van der Waals surface area contributed by atoms with Crippen LogP contribution in [0, 0.1) is 0 Å². The van der Waals surface area contributed by atoms with Gasteiger partial charge in [0.05, 0.1) is 12.1 Å². The van der Waals surface area contributed by atoms with Crippen molar-refractivity contribution in [3.63, 3.8) is 0 Å². The average Bonchev–Trinajstić information content (AvgIpc) is 2.74. The summed E-state index contributed by atoms with van der Waals surface area (Å²) >= 11 is 3.91. The van der Waals surface area contributed by atoms with Crippen molar-refractivity contribution in [3.8, 4) is 0 Å². The molecule has 0 aliphatic carbocycles. The number of aliphatic hydroxyl groups is 1. The molecule has 0 radical (unpaired) electrons. The van der Waals surface area contributed by atoms with E-state index in [-0.39, 0.29) is 43.9 Å². The molecule has 0 spiro atoms. The van der Waals surface area contributed by atoms with Crippen LogP contribution in [0.15, 0.2) is 4.99 Å². The standard InChI is InChI=1S/C18H34N8O7S/c1-8(27)13(17(32)33)26-16(31)10(3-2-6-23-18(21)22)25-15(30)11(4-5-12(20)28)24-14(29)9(19)7-34/h8-11,13,27,34H,2-7,19H2,1H3,(H2,20,28)(H,24,29)(H,25,30)(H,26,31)(H,32,33)(H4,21,22,23). The molecule has 0 saturated carbocycles. The summed E-state index contributed by atoms with van der Waals surface area (Å²) in [5.74, 6) is -4.86. The monoisotopic (exact) mass is 506 g/mol. The predicted molar refractivity (Wildman–Crippen MR) is 125 cm³/mol. The smallest absolute Gasteiger partial charge is 0.328 e. The number of aliphatic imine (C=N–C) groups is 1. The Morgan fingerprint density at radius 2 is 1.47 bits per heavy atom. The van der Waals surface area contributed by atoms with Crippen molar-refractivity contribution in [3.05, 3.63) is 0 Å². The second-order valence-corrected chi connectivity index (χ2v) is 7.80. The zero-order chi connectivity index (χ0) is 26.4. The predicted octanol–water partition coefficient (Wildman–Crippen LogP) is -4.52. The fourth-order valence-electron chi connectivity index (χ4n) is 2.60. The largest absolute Gasteiger partial charge is 0.480 e. The molecule has 194 valence electrons. The lowest BCUT2D eigenvalue weighted by Crippen LogP contribution is -2.58. The first-order valence-electron chi connectivity index (χ1n) is 10.3. The summed E-state index contributed by atoms with van der Waals surface area (Å²) in [6.45, 7) is 1.28. The van der Waals surface area contributed by atoms with Crippen molar-refractivity contribution in [1.29, 1.82) is 0 Å². The number of aliphatic carboxylic acids is 1. The van der Waals surface area contributed by atoms with Gasteiger partial charge in [0.15, 0.2) is 12.0 Å². The number of amides is 4. The zero-order valence-electron chi connectivity index (χ0n) is 18.8. The number of nitrogens with zero attached hydrogens (tertiary/aromatic N) is 1. The summed E-state index contributed by atoms with van der Waals surface area (Å²) in [5.41, 5.74) is 21.2. The normalized spacial score (nSPS) is 15.1. The average molecular weight is 507 g/mol. The molecular formula is C18H34N8O7S. The highest BCUT2D eigenvalue weighted by Crippen LogP contribution is 2.05. The van der Waals surface area contributed by atoms with Crippen LogP contribution in [-0.2, 0) is 24.0 Å². The van der Waals surface area contributed by atoms with Gasteiger partial charge in [-0.15, -0.1) is 0 Å². The number of hydrogen-bond donors (Lipinski definition) is 10. The number of primary amides is 1. The van der Waals surface area contributed by atoms with Gasteiger partial charge in [-0.05, 0) is 26.2 Å². The molecule has 0 bridgehead atoms. The number of carbonyl (C=O) groups is 5. The number of rotatable bonds is 16. The molecule has 16 heteroatoms. The van der Waals surface area contributed by atoms with E-state index < -0.39 is 59.9 Å². The van der Waals surface area contributed by atoms with Gasteiger partial charge in [0.1, 0.15) is 12.1 Å². The van der Waals surface area contributed by atoms with E-state index in [0.29, 0.717) is 0 Å². The number of carboxylic acids is 1. The SMILES string of the molecule is CC(O)C(NC(=O)C(CCCN=C(N)N)NC(=O)C(CCC(N)=O)NC(=O)C(N)CS)C(=O)O. The summed E-state index contributed by atoms with van der Waals surface area (Å²) in [6.07, 6.45) is -1.66. The van der Waals surface area contributed by atoms with Crippen LogP contribution in [0.5, 0.6) is 0 Å². The molecule has 5 unspecified atom stereocenters. The van der Waals surface area contributed by atoms with Gasteiger partial charge in [0.2, 0.25) is 23.6 Å². The Kier molecular flexibility index (Phi) is 14.2. The Morgan fingerprint density at radius 1 is 0.941 bits per heavy atom. The summed E-state index contributed by atoms with van der Waals surface area (Å²) < 4.78 is 0. The third-order valence-corrected chi connectivity index (χ3v) is 4.86. The Labute approximate surface area is 201 Å². The van der Waals surface area contributed by atoms with Gasteiger partial charge in [-0.1, -0.05) is 0 Å². The maximum Gasteiger partial charge on any atom is 0.328 e. The van der Waals surface area contributed by atoms with Gasteiger partial charge < -0.3 is 49.1 Å². The number of nitrogens with one attached hydrogen (secondary N) is 3. The summed E-state index contributed by atoms with van der Waals surface area (Å²) in [4.78, 5) is 64.0. The minimum Gasteiger partial charge on any atom is -0.480 e. The van der Waals surface area contributed by atoms with Crippen LogP contribution < -0.4 is 38.9 Å². The highest BCUT2D eigenvalue weighted by molar-refractivity contribution is 7.80. The van der Waals surface area contributed by atoms with E-state index >= 15 is 0 Å². The van der Waals surface area contributed by atoms with Crippen molar-refractivity contribution in [2.75, 3.05) is 12.3 Å². The number of hydrogen-bond acceptors (Lipinski definition) is 9. The quantitative estimate of drug-likeness (QED) is 0.0414. The maximum atomic E-state index is 12.9. The lowest BCUT2D eigenvalue weighted by atomic mass is 10.1. The maximum absolute atomic E-state index is 12.9. The van der Waals surface area contributed by atoms with Crippen LogP contribution in [0.3, 0.4) is 0 Å². The van der Waals surface area contributed by atoms with Crippen molar-refractivity contribution < 1.29 is 34.2 Å². The van der Waals surface area contributed by atoms with Gasteiger partial charge in [0, 0.05) is 18.7 Å². The second-order valence-electron chi connectivity index (χ2n) is 7.43. The van der Waals surface area contributed by atoms with E-state index in [4.69, 9.17) is 22.9 Å². The summed E-state index contributed by atoms with van der Waals surface area (Å²) in [7, 11) is 0. The first-order valence-corrected chi connectivity index (χ1v) is 11.0. The van der Waals surface area contributed by atoms with Crippen molar-refractivity contribution in [1.82, 2.24) is 16.0 Å². The third-order valence-electron chi connectivity index (χ3n) is 4.47. The van der Waals surface area contributed by atoms with Gasteiger partial charge in [-0.25, -0.2) is 4.79 Å². The van der Waals surface area contributed by atoms with Gasteiger partial charge >= 0.3 is 5.97 Å². The van der Waals surface area contributed by atoms with E-state index in [1.54, 1.807) is 0 Å². The molecule has 0 fully saturated rings. The molecule has 15 nitrogen and oxygen atoms in total. The lowest BCUT2D eigenvalue weighted by molar-refractivity contribution is -0.145. The molecule has 0 aromatic rings. The number of guanidine groups is 1. The number of carboxylic acid groups (broad SMARTS) is 1. The van der Waals surface area contributed by atoms with Crippen LogP contribution >= 0.6 is 12.6 Å². The van der Waals surface area contributed by atoms with Crippen molar-refractivity contribution in [2.24, 2.45) is 27.9 Å². The summed E-state index contributed by atoms with van der Waals surface area (Å²) in [5, 5.41) is 25.7. The molecule has 0 rings (SSSR count). The second kappa shape index (κ2) is 15.7. The minimum atomic E-state index is -1.64. The number of aliphatic hydroxyl groups excluding tert-OH is 1. The fraction of sp³-hybridized carbons (Fsp3) is 0.667. The van der Waals surface area contributed by atoms with Crippen LogP contribution in [0.2, 0.25) is 0 Å². The van der Waals surface area contributed by atoms with Gasteiger partial charge in [-0.3, -0.25) is 24.2 Å². The van der Waals surface area contributed by atoms with E-state index in [9.17, 15) is 34.2 Å². The van der Waals surface area contributed by atoms with Crippen LogP contribution in [0.1, 0.15) is 32.6 Å². The molecule has 0 saturated heterocycles. The fourth-order valence-corrected chi connectivity index (χ4v) is 2.77. The van der Waals surface area contributed by atoms with Crippen LogP contribution in [0.25, 0.3) is 0 Å². The molecule has 0 aromatic carbocycles. The van der Waals surface area contributed by atoms with Gasteiger partial charge in [0.25, 0.3) is 0 Å². The first-order chi connectivity index (χ1) is 15.8. The minimum absolute atomic E-state index is 0.0122. The lowest BCUT2D eigenvalue weighted by Gasteiger charge is -2.25. The Morgan fingerprint density at radius 3 is 1.94 bits per heavy atom. The van der Waals surface area contributed by atoms with E-state index in [2.05, 4.69) is 33.6 Å². The molecule has 5 atom stereocenters. The molecule has 4 amide bonds. The molecule has 0 aromatic heterocycles. The van der Waals surface area contributed by atoms with Crippen molar-refractivity contribution in [2.45, 2.75) is 62.9 Å². The van der Waals surface area contributed by atoms with E-state index in [1.807, 2.05) is 0 Å². The summed E-state index contributed by atoms with van der Waals surface area (Å²) in [6, 6.07) is -5.23. The molecular weight excluding hydrogens is 472 g/mol. The Balaban J connectivity index is 5.62. The number of carbonyl (C=O) groups excluding carboxylic acids is 4. The van der Waals surface area contributed by atoms with Crippen LogP contribution in [-0.4, -0.2) is 88.3 Å². The Bertz CT molecular complexity index is 761. The van der Waals surface area contributed by atoms with E-state index in [0.717, 1.165) is 0 Å². The highest BCUT2D eigenvalue weighted by Gasteiger charge is 2.31. The molecule has 34 heavy (non-hydrogen) atoms. The number of thiol groups is 1. The Hall–Kier alpha value is -3.11. The molecule has 0 aliphatic heterocycles. The first kappa shape index (κ1) is 30.9. The van der Waals surface area contributed by atoms with Gasteiger partial charge in [-0.2, -0.15) is 12.6 Å². The van der Waals surface area contributed by atoms with E-state index in [1.165, 1.54) is 6.92 Å². The molecule has 0 heterocycles. The third kappa shape index (κ3) is 12.2. The zero-order valence-corrected chi connectivity index (χ0v) is 19.7. The van der Waals surface area contributed by atoms with Crippen LogP contribution in [0.4, 0.5) is 0 Å². The topological polar surface area (TPSA) is 278 Å². The molecule has 13 N–H and O–H groups in total. The highest BCUT2D eigenvalue weighted by atomic mass is 32.1. The molecule has 0 aliphatic rings.